The lowest BCUT2D eigenvalue weighted by atomic mass is 9.93. The van der Waals surface area contributed by atoms with Crippen LogP contribution >= 0.6 is 0 Å². The number of benzene rings is 1. The number of nitrogens with one attached hydrogen (secondary N) is 1. The van der Waals surface area contributed by atoms with Crippen LogP contribution in [0.25, 0.3) is 0 Å². The van der Waals surface area contributed by atoms with Gasteiger partial charge in [0.1, 0.15) is 0 Å². The van der Waals surface area contributed by atoms with Crippen LogP contribution in [0, 0.1) is 5.41 Å². The molecule has 102 valence electrons. The second kappa shape index (κ2) is 5.69. The fraction of sp³-hybridized carbons (Fsp3) is 0.500. The van der Waals surface area contributed by atoms with E-state index in [-0.39, 0.29) is 18.1 Å². The first-order chi connectivity index (χ1) is 8.30. The van der Waals surface area contributed by atoms with Crippen LogP contribution in [-0.2, 0) is 9.84 Å². The smallest absolute Gasteiger partial charge is 0.175 e. The van der Waals surface area contributed by atoms with Gasteiger partial charge in [0, 0.05) is 23.9 Å². The van der Waals surface area contributed by atoms with E-state index in [1.165, 1.54) is 12.1 Å². The van der Waals surface area contributed by atoms with Gasteiger partial charge in [-0.05, 0) is 24.3 Å². The summed E-state index contributed by atoms with van der Waals surface area (Å²) in [5.41, 5.74) is 0.144. The number of aliphatic hydroxyl groups excluding tert-OH is 2. The monoisotopic (exact) mass is 273 g/mol. The van der Waals surface area contributed by atoms with E-state index in [9.17, 15) is 8.42 Å². The van der Waals surface area contributed by atoms with Crippen LogP contribution in [0.3, 0.4) is 0 Å². The zero-order chi connectivity index (χ0) is 13.8. The topological polar surface area (TPSA) is 86.6 Å². The molecule has 5 nitrogen and oxygen atoms in total. The Kier molecular flexibility index (Phi) is 4.72. The average Bonchev–Trinajstić information content (AvgIpc) is 2.35. The van der Waals surface area contributed by atoms with Crippen LogP contribution in [0.2, 0.25) is 0 Å². The molecule has 6 heteroatoms. The maximum atomic E-state index is 11.3. The molecule has 0 aliphatic rings. The van der Waals surface area contributed by atoms with Gasteiger partial charge in [-0.15, -0.1) is 0 Å². The highest BCUT2D eigenvalue weighted by molar-refractivity contribution is 7.90. The van der Waals surface area contributed by atoms with Gasteiger partial charge in [-0.25, -0.2) is 8.42 Å². The van der Waals surface area contributed by atoms with E-state index >= 15 is 0 Å². The summed E-state index contributed by atoms with van der Waals surface area (Å²) in [4.78, 5) is 0.264. The summed E-state index contributed by atoms with van der Waals surface area (Å²) in [5, 5.41) is 21.3. The number of aliphatic hydroxyl groups is 2. The molecule has 0 radical (unpaired) electrons. The first-order valence-electron chi connectivity index (χ1n) is 5.56. The lowest BCUT2D eigenvalue weighted by molar-refractivity contribution is 0.0806. The van der Waals surface area contributed by atoms with Crippen LogP contribution in [0.5, 0.6) is 0 Å². The molecule has 3 N–H and O–H groups in total. The number of hydrogen-bond acceptors (Lipinski definition) is 5. The first kappa shape index (κ1) is 14.9. The van der Waals surface area contributed by atoms with Crippen molar-refractivity contribution in [3.8, 4) is 0 Å². The molecule has 1 aromatic carbocycles. The molecule has 0 saturated heterocycles. The number of anilines is 1. The largest absolute Gasteiger partial charge is 0.396 e. The van der Waals surface area contributed by atoms with Gasteiger partial charge in [-0.2, -0.15) is 0 Å². The average molecular weight is 273 g/mol. The molecule has 0 unspecified atom stereocenters. The Morgan fingerprint density at radius 2 is 1.67 bits per heavy atom. The fourth-order valence-electron chi connectivity index (χ4n) is 1.30. The van der Waals surface area contributed by atoms with E-state index in [4.69, 9.17) is 10.2 Å². The van der Waals surface area contributed by atoms with Crippen LogP contribution < -0.4 is 5.32 Å². The molecular weight excluding hydrogens is 254 g/mol. The second-order valence-electron chi connectivity index (χ2n) is 4.78. The van der Waals surface area contributed by atoms with Crippen molar-refractivity contribution in [1.29, 1.82) is 0 Å². The maximum Gasteiger partial charge on any atom is 0.175 e. The molecular formula is C12H19NO4S. The summed E-state index contributed by atoms with van der Waals surface area (Å²) >= 11 is 0. The zero-order valence-electron chi connectivity index (χ0n) is 10.5. The van der Waals surface area contributed by atoms with Crippen LogP contribution in [-0.4, -0.2) is 44.6 Å². The standard InChI is InChI=1S/C12H19NO4S/c1-12(8-14,9-15)7-13-10-3-5-11(6-4-10)18(2,16)17/h3-6,13-15H,7-9H2,1-2H3. The van der Waals surface area contributed by atoms with Crippen molar-refractivity contribution in [2.24, 2.45) is 5.41 Å². The van der Waals surface area contributed by atoms with E-state index in [0.717, 1.165) is 11.9 Å². The predicted molar refractivity (Wildman–Crippen MR) is 70.3 cm³/mol. The first-order valence-corrected chi connectivity index (χ1v) is 7.46. The molecule has 1 rings (SSSR count). The highest BCUT2D eigenvalue weighted by atomic mass is 32.2. The molecule has 1 aromatic rings. The molecule has 0 fully saturated rings. The summed E-state index contributed by atoms with van der Waals surface area (Å²) in [6.07, 6.45) is 1.16. The molecule has 0 atom stereocenters. The van der Waals surface area contributed by atoms with Crippen LogP contribution in [0.15, 0.2) is 29.2 Å². The van der Waals surface area contributed by atoms with Gasteiger partial charge in [-0.3, -0.25) is 0 Å². The van der Waals surface area contributed by atoms with Crippen LogP contribution in [0.1, 0.15) is 6.92 Å². The SMILES string of the molecule is CC(CO)(CO)CNc1ccc(S(C)(=O)=O)cc1. The van der Waals surface area contributed by atoms with E-state index in [1.54, 1.807) is 19.1 Å². The third-order valence-electron chi connectivity index (χ3n) is 2.77. The van der Waals surface area contributed by atoms with Gasteiger partial charge in [-0.1, -0.05) is 6.92 Å². The zero-order valence-corrected chi connectivity index (χ0v) is 11.4. The van der Waals surface area contributed by atoms with E-state index < -0.39 is 15.3 Å². The van der Waals surface area contributed by atoms with Crippen molar-refractivity contribution in [2.45, 2.75) is 11.8 Å². The Morgan fingerprint density at radius 1 is 1.17 bits per heavy atom. The van der Waals surface area contributed by atoms with Gasteiger partial charge < -0.3 is 15.5 Å². The van der Waals surface area contributed by atoms with E-state index in [1.807, 2.05) is 0 Å². The summed E-state index contributed by atoms with van der Waals surface area (Å²) in [5.74, 6) is 0. The van der Waals surface area contributed by atoms with Crippen molar-refractivity contribution in [3.05, 3.63) is 24.3 Å². The lowest BCUT2D eigenvalue weighted by Gasteiger charge is -2.25. The lowest BCUT2D eigenvalue weighted by Crippen LogP contribution is -2.34. The van der Waals surface area contributed by atoms with Crippen molar-refractivity contribution < 1.29 is 18.6 Å². The normalized spacial score (nSPS) is 12.4. The molecule has 0 spiro atoms. The molecule has 0 saturated carbocycles. The molecule has 18 heavy (non-hydrogen) atoms. The highest BCUT2D eigenvalue weighted by Crippen LogP contribution is 2.18. The Bertz CT molecular complexity index is 477. The second-order valence-corrected chi connectivity index (χ2v) is 6.79. The van der Waals surface area contributed by atoms with Gasteiger partial charge in [0.2, 0.25) is 0 Å². The molecule has 0 amide bonds. The summed E-state index contributed by atoms with van der Waals surface area (Å²) in [7, 11) is -3.18. The van der Waals surface area contributed by atoms with Crippen molar-refractivity contribution >= 4 is 15.5 Å². The van der Waals surface area contributed by atoms with E-state index in [2.05, 4.69) is 5.32 Å². The minimum Gasteiger partial charge on any atom is -0.396 e. The van der Waals surface area contributed by atoms with Crippen molar-refractivity contribution in [2.75, 3.05) is 31.3 Å². The summed E-state index contributed by atoms with van der Waals surface area (Å²) in [6.45, 7) is 1.90. The van der Waals surface area contributed by atoms with Gasteiger partial charge in [0.15, 0.2) is 9.84 Å². The van der Waals surface area contributed by atoms with Gasteiger partial charge >= 0.3 is 0 Å². The highest BCUT2D eigenvalue weighted by Gasteiger charge is 2.21. The molecule has 0 aromatic heterocycles. The minimum atomic E-state index is -3.18. The minimum absolute atomic E-state index is 0.127. The summed E-state index contributed by atoms with van der Waals surface area (Å²) in [6, 6.07) is 6.36. The molecule has 0 aliphatic carbocycles. The third-order valence-corrected chi connectivity index (χ3v) is 3.89. The van der Waals surface area contributed by atoms with Crippen LogP contribution in [0.4, 0.5) is 5.69 Å². The maximum absolute atomic E-state index is 11.3. The van der Waals surface area contributed by atoms with E-state index in [0.29, 0.717) is 6.54 Å². The number of hydrogen-bond donors (Lipinski definition) is 3. The molecule has 0 aliphatic heterocycles. The van der Waals surface area contributed by atoms with Gasteiger partial charge in [0.25, 0.3) is 0 Å². The molecule has 0 heterocycles. The van der Waals surface area contributed by atoms with Crippen molar-refractivity contribution in [3.63, 3.8) is 0 Å². The summed E-state index contributed by atoms with van der Waals surface area (Å²) < 4.78 is 22.5. The molecule has 0 bridgehead atoms. The predicted octanol–water partition coefficient (Wildman–Crippen LogP) is 0.493. The Morgan fingerprint density at radius 3 is 2.06 bits per heavy atom. The quantitative estimate of drug-likeness (QED) is 0.702. The Labute approximate surface area is 107 Å². The van der Waals surface area contributed by atoms with Crippen molar-refractivity contribution in [1.82, 2.24) is 0 Å². The number of rotatable bonds is 6. The van der Waals surface area contributed by atoms with Gasteiger partial charge in [0.05, 0.1) is 18.1 Å². The number of sulfone groups is 1. The Hall–Kier alpha value is -1.11. The third kappa shape index (κ3) is 3.97. The fourth-order valence-corrected chi connectivity index (χ4v) is 1.93. The Balaban J connectivity index is 2.71.